The van der Waals surface area contributed by atoms with Crippen LogP contribution in [0.5, 0.6) is 11.5 Å². The van der Waals surface area contributed by atoms with Crippen molar-refractivity contribution in [3.05, 3.63) is 59.4 Å². The summed E-state index contributed by atoms with van der Waals surface area (Å²) in [6.45, 7) is 0.343. The number of benzene rings is 2. The molecule has 0 saturated heterocycles. The number of halogens is 2. The molecule has 0 radical (unpaired) electrons. The molecule has 0 bridgehead atoms. The van der Waals surface area contributed by atoms with Crippen molar-refractivity contribution in [2.75, 3.05) is 6.61 Å². The van der Waals surface area contributed by atoms with Crippen molar-refractivity contribution in [3.8, 4) is 11.5 Å². The summed E-state index contributed by atoms with van der Waals surface area (Å²) in [7, 11) is 0. The number of para-hydroxylation sites is 2. The van der Waals surface area contributed by atoms with Gasteiger partial charge in [0.05, 0.1) is 0 Å². The van der Waals surface area contributed by atoms with Crippen LogP contribution in [0.1, 0.15) is 11.1 Å². The fourth-order valence-electron chi connectivity index (χ4n) is 2.34. The Labute approximate surface area is 125 Å². The predicted octanol–water partition coefficient (Wildman–Crippen LogP) is 4.10. The van der Waals surface area contributed by atoms with Crippen molar-refractivity contribution in [1.82, 2.24) is 0 Å². The molecule has 0 aliphatic carbocycles. The van der Waals surface area contributed by atoms with Crippen molar-refractivity contribution in [1.29, 1.82) is 0 Å². The van der Waals surface area contributed by atoms with Gasteiger partial charge in [0.15, 0.2) is 11.6 Å². The summed E-state index contributed by atoms with van der Waals surface area (Å²) in [4.78, 5) is 0. The lowest BCUT2D eigenvalue weighted by Crippen LogP contribution is -2.23. The van der Waals surface area contributed by atoms with Crippen molar-refractivity contribution in [2.24, 2.45) is 0 Å². The Balaban J connectivity index is 1.67. The van der Waals surface area contributed by atoms with Gasteiger partial charge in [0, 0.05) is 17.3 Å². The average molecular weight is 337 g/mol. The highest BCUT2D eigenvalue weighted by molar-refractivity contribution is 9.08. The first-order valence-electron chi connectivity index (χ1n) is 6.48. The molecule has 1 unspecified atom stereocenters. The second-order valence-electron chi connectivity index (χ2n) is 4.72. The third kappa shape index (κ3) is 2.66. The summed E-state index contributed by atoms with van der Waals surface area (Å²) in [6.07, 6.45) is 0.740. The van der Waals surface area contributed by atoms with E-state index >= 15 is 0 Å². The van der Waals surface area contributed by atoms with Gasteiger partial charge in [-0.25, -0.2) is 4.39 Å². The van der Waals surface area contributed by atoms with Crippen LogP contribution in [0.2, 0.25) is 0 Å². The summed E-state index contributed by atoms with van der Waals surface area (Å²) < 4.78 is 25.2. The van der Waals surface area contributed by atoms with Gasteiger partial charge in [0.2, 0.25) is 0 Å². The summed E-state index contributed by atoms with van der Waals surface area (Å²) in [6, 6.07) is 12.9. The Morgan fingerprint density at radius 3 is 2.85 bits per heavy atom. The van der Waals surface area contributed by atoms with Gasteiger partial charge in [-0.3, -0.25) is 0 Å². The van der Waals surface area contributed by atoms with E-state index < -0.39 is 0 Å². The van der Waals surface area contributed by atoms with E-state index in [0.29, 0.717) is 17.7 Å². The first-order valence-corrected chi connectivity index (χ1v) is 7.61. The van der Waals surface area contributed by atoms with Gasteiger partial charge in [0.1, 0.15) is 18.5 Å². The van der Waals surface area contributed by atoms with E-state index in [9.17, 15) is 4.39 Å². The fraction of sp³-hybridized carbons (Fsp3) is 0.250. The summed E-state index contributed by atoms with van der Waals surface area (Å²) in [5.41, 5.74) is 1.98. The van der Waals surface area contributed by atoms with Crippen LogP contribution < -0.4 is 9.47 Å². The number of alkyl halides is 1. The Hall–Kier alpha value is -1.55. The number of ether oxygens (including phenoxy) is 2. The molecule has 0 fully saturated rings. The molecule has 0 N–H and O–H groups in total. The first-order chi connectivity index (χ1) is 9.78. The molecule has 2 nitrogen and oxygen atoms in total. The second-order valence-corrected chi connectivity index (χ2v) is 5.29. The summed E-state index contributed by atoms with van der Waals surface area (Å²) in [5, 5.41) is 0.561. The Kier molecular flexibility index (Phi) is 3.92. The molecule has 1 heterocycles. The first kappa shape index (κ1) is 13.4. The minimum absolute atomic E-state index is 0.0600. The van der Waals surface area contributed by atoms with Crippen LogP contribution in [-0.4, -0.2) is 12.7 Å². The lowest BCUT2D eigenvalue weighted by molar-refractivity contribution is 0.144. The molecule has 0 saturated carbocycles. The van der Waals surface area contributed by atoms with E-state index in [1.807, 2.05) is 30.3 Å². The van der Waals surface area contributed by atoms with Gasteiger partial charge in [0.25, 0.3) is 0 Å². The molecule has 1 aliphatic rings. The topological polar surface area (TPSA) is 18.5 Å². The van der Waals surface area contributed by atoms with Gasteiger partial charge in [-0.05, 0) is 17.7 Å². The lowest BCUT2D eigenvalue weighted by atomic mass is 10.1. The molecule has 104 valence electrons. The second kappa shape index (κ2) is 5.83. The van der Waals surface area contributed by atoms with Crippen LogP contribution in [0.15, 0.2) is 42.5 Å². The highest BCUT2D eigenvalue weighted by Crippen LogP contribution is 2.30. The average Bonchev–Trinajstić information content (AvgIpc) is 2.88. The minimum atomic E-state index is -0.336. The summed E-state index contributed by atoms with van der Waals surface area (Å²) >= 11 is 3.34. The molecule has 0 aromatic heterocycles. The molecule has 3 rings (SSSR count). The lowest BCUT2D eigenvalue weighted by Gasteiger charge is -2.15. The summed E-state index contributed by atoms with van der Waals surface area (Å²) in [5.74, 6) is 0.872. The zero-order chi connectivity index (χ0) is 13.9. The fourth-order valence-corrected chi connectivity index (χ4v) is 2.79. The van der Waals surface area contributed by atoms with Crippen LogP contribution in [0.25, 0.3) is 0 Å². The minimum Gasteiger partial charge on any atom is -0.486 e. The Bertz CT molecular complexity index is 590. The van der Waals surface area contributed by atoms with Gasteiger partial charge in [-0.15, -0.1) is 0 Å². The zero-order valence-corrected chi connectivity index (χ0v) is 12.4. The van der Waals surface area contributed by atoms with Crippen molar-refractivity contribution in [2.45, 2.75) is 17.9 Å². The van der Waals surface area contributed by atoms with Crippen molar-refractivity contribution in [3.63, 3.8) is 0 Å². The Morgan fingerprint density at radius 1 is 1.20 bits per heavy atom. The highest BCUT2D eigenvalue weighted by Gasteiger charge is 2.23. The number of fused-ring (bicyclic) bond motifs is 1. The van der Waals surface area contributed by atoms with Crippen LogP contribution in [0, 0.1) is 5.82 Å². The van der Waals surface area contributed by atoms with E-state index in [1.165, 1.54) is 11.6 Å². The normalized spacial score (nSPS) is 16.6. The molecule has 1 atom stereocenters. The van der Waals surface area contributed by atoms with Crippen molar-refractivity contribution >= 4 is 15.9 Å². The number of hydrogen-bond donors (Lipinski definition) is 0. The van der Waals surface area contributed by atoms with Gasteiger partial charge < -0.3 is 9.47 Å². The molecular formula is C16H14BrFO2. The van der Waals surface area contributed by atoms with Gasteiger partial charge in [-0.1, -0.05) is 46.3 Å². The maximum Gasteiger partial charge on any atom is 0.165 e. The molecule has 4 heteroatoms. The molecule has 20 heavy (non-hydrogen) atoms. The van der Waals surface area contributed by atoms with E-state index in [2.05, 4.69) is 15.9 Å². The Morgan fingerprint density at radius 2 is 2.05 bits per heavy atom. The van der Waals surface area contributed by atoms with E-state index in [4.69, 9.17) is 9.47 Å². The molecule has 0 spiro atoms. The molecule has 2 aromatic rings. The van der Waals surface area contributed by atoms with Crippen LogP contribution in [-0.2, 0) is 11.8 Å². The smallest absolute Gasteiger partial charge is 0.165 e. The number of rotatable bonds is 4. The standard InChI is InChI=1S/C16H14BrFO2/c17-9-12-5-3-6-14(18)16(12)19-10-13-8-11-4-1-2-7-15(11)20-13/h1-7,13H,8-10H2. The SMILES string of the molecule is Fc1cccc(CBr)c1OCC1Cc2ccccc2O1. The maximum absolute atomic E-state index is 13.8. The predicted molar refractivity (Wildman–Crippen MR) is 79.1 cm³/mol. The largest absolute Gasteiger partial charge is 0.486 e. The molecule has 2 aromatic carbocycles. The third-order valence-electron chi connectivity index (χ3n) is 3.32. The van der Waals surface area contributed by atoms with Crippen LogP contribution in [0.4, 0.5) is 4.39 Å². The van der Waals surface area contributed by atoms with Gasteiger partial charge in [-0.2, -0.15) is 0 Å². The molecule has 1 aliphatic heterocycles. The zero-order valence-electron chi connectivity index (χ0n) is 10.8. The van der Waals surface area contributed by atoms with E-state index in [0.717, 1.165) is 17.7 Å². The highest BCUT2D eigenvalue weighted by atomic mass is 79.9. The molecule has 0 amide bonds. The maximum atomic E-state index is 13.8. The monoisotopic (exact) mass is 336 g/mol. The van der Waals surface area contributed by atoms with E-state index in [-0.39, 0.29) is 11.9 Å². The van der Waals surface area contributed by atoms with Crippen LogP contribution in [0.3, 0.4) is 0 Å². The van der Waals surface area contributed by atoms with E-state index in [1.54, 1.807) is 6.07 Å². The number of hydrogen-bond acceptors (Lipinski definition) is 2. The van der Waals surface area contributed by atoms with Gasteiger partial charge >= 0.3 is 0 Å². The quantitative estimate of drug-likeness (QED) is 0.782. The third-order valence-corrected chi connectivity index (χ3v) is 3.92. The van der Waals surface area contributed by atoms with Crippen LogP contribution >= 0.6 is 15.9 Å². The van der Waals surface area contributed by atoms with Crippen molar-refractivity contribution < 1.29 is 13.9 Å². The molecular weight excluding hydrogens is 323 g/mol.